The Bertz CT molecular complexity index is 406. The number of rotatable bonds is 5. The minimum absolute atomic E-state index is 0.303. The molecule has 1 heterocycles. The summed E-state index contributed by atoms with van der Waals surface area (Å²) in [5, 5.41) is 2.94. The van der Waals surface area contributed by atoms with Crippen molar-refractivity contribution in [2.45, 2.75) is 19.9 Å². The Morgan fingerprint density at radius 2 is 2.41 bits per heavy atom. The molecule has 1 aromatic rings. The summed E-state index contributed by atoms with van der Waals surface area (Å²) < 4.78 is 4.99. The second-order valence-corrected chi connectivity index (χ2v) is 3.50. The Morgan fingerprint density at radius 3 is 2.94 bits per heavy atom. The molecule has 0 aliphatic heterocycles. The van der Waals surface area contributed by atoms with E-state index in [9.17, 15) is 4.79 Å². The van der Waals surface area contributed by atoms with Gasteiger partial charge in [-0.2, -0.15) is 0 Å². The zero-order valence-corrected chi connectivity index (χ0v) is 10.1. The Hall–Kier alpha value is -1.86. The van der Waals surface area contributed by atoms with Gasteiger partial charge in [0.15, 0.2) is 0 Å². The van der Waals surface area contributed by atoms with E-state index in [4.69, 9.17) is 11.2 Å². The van der Waals surface area contributed by atoms with Gasteiger partial charge >= 0.3 is 5.97 Å². The third kappa shape index (κ3) is 3.89. The van der Waals surface area contributed by atoms with E-state index in [0.29, 0.717) is 13.2 Å². The highest BCUT2D eigenvalue weighted by Crippen LogP contribution is 2.13. The van der Waals surface area contributed by atoms with Crippen LogP contribution in [0.3, 0.4) is 0 Å². The molecule has 1 aromatic heterocycles. The smallest absolute Gasteiger partial charge is 0.327 e. The number of aromatic nitrogens is 1. The van der Waals surface area contributed by atoms with Crippen molar-refractivity contribution in [1.29, 1.82) is 0 Å². The number of terminal acetylenes is 1. The van der Waals surface area contributed by atoms with E-state index in [-0.39, 0.29) is 5.97 Å². The molecule has 0 aliphatic carbocycles. The van der Waals surface area contributed by atoms with Gasteiger partial charge in [0.1, 0.15) is 6.04 Å². The fraction of sp³-hybridized carbons (Fsp3) is 0.385. The summed E-state index contributed by atoms with van der Waals surface area (Å²) in [6.07, 6.45) is 6.83. The maximum absolute atomic E-state index is 11.8. The van der Waals surface area contributed by atoms with Crippen molar-refractivity contribution in [2.24, 2.45) is 0 Å². The molecule has 0 amide bonds. The van der Waals surface area contributed by atoms with Gasteiger partial charge in [-0.25, -0.2) is 4.79 Å². The lowest BCUT2D eigenvalue weighted by Gasteiger charge is -2.16. The predicted molar refractivity (Wildman–Crippen MR) is 65.2 cm³/mol. The van der Waals surface area contributed by atoms with Gasteiger partial charge in [0.25, 0.3) is 0 Å². The van der Waals surface area contributed by atoms with Crippen molar-refractivity contribution >= 4 is 5.97 Å². The van der Waals surface area contributed by atoms with Crippen LogP contribution in [0.4, 0.5) is 0 Å². The first-order chi connectivity index (χ1) is 8.19. The molecule has 0 fully saturated rings. The summed E-state index contributed by atoms with van der Waals surface area (Å²) in [5.74, 6) is 2.10. The summed E-state index contributed by atoms with van der Waals surface area (Å²) in [6, 6.07) is 3.13. The highest BCUT2D eigenvalue weighted by Gasteiger charge is 2.21. The van der Waals surface area contributed by atoms with Crippen LogP contribution in [0.15, 0.2) is 18.3 Å². The number of pyridine rings is 1. The van der Waals surface area contributed by atoms with Crippen molar-refractivity contribution in [3.05, 3.63) is 29.6 Å². The quantitative estimate of drug-likeness (QED) is 0.612. The van der Waals surface area contributed by atoms with Gasteiger partial charge in [-0.05, 0) is 25.5 Å². The molecule has 4 heteroatoms. The monoisotopic (exact) mass is 232 g/mol. The zero-order chi connectivity index (χ0) is 12.7. The summed E-state index contributed by atoms with van der Waals surface area (Å²) in [6.45, 7) is 4.30. The van der Waals surface area contributed by atoms with Crippen LogP contribution in [-0.2, 0) is 9.53 Å². The van der Waals surface area contributed by atoms with Crippen LogP contribution in [0.1, 0.15) is 24.2 Å². The molecule has 0 aliphatic rings. The van der Waals surface area contributed by atoms with Crippen LogP contribution in [-0.4, -0.2) is 24.1 Å². The Labute approximate surface area is 101 Å². The van der Waals surface area contributed by atoms with E-state index in [2.05, 4.69) is 16.2 Å². The third-order valence-corrected chi connectivity index (χ3v) is 2.20. The second-order valence-electron chi connectivity index (χ2n) is 3.50. The summed E-state index contributed by atoms with van der Waals surface area (Å²) in [7, 11) is 0. The lowest BCUT2D eigenvalue weighted by Crippen LogP contribution is -2.30. The van der Waals surface area contributed by atoms with Crippen molar-refractivity contribution in [3.63, 3.8) is 0 Å². The fourth-order valence-corrected chi connectivity index (χ4v) is 1.37. The minimum atomic E-state index is -0.556. The molecule has 17 heavy (non-hydrogen) atoms. The van der Waals surface area contributed by atoms with Crippen LogP contribution >= 0.6 is 0 Å². The van der Waals surface area contributed by atoms with E-state index in [1.165, 1.54) is 0 Å². The molecule has 0 radical (unpaired) electrons. The van der Waals surface area contributed by atoms with Crippen molar-refractivity contribution < 1.29 is 9.53 Å². The van der Waals surface area contributed by atoms with Gasteiger partial charge in [-0.15, -0.1) is 6.42 Å². The lowest BCUT2D eigenvalue weighted by molar-refractivity contribution is -0.145. The van der Waals surface area contributed by atoms with Crippen LogP contribution in [0.5, 0.6) is 0 Å². The van der Waals surface area contributed by atoms with Crippen molar-refractivity contribution in [2.75, 3.05) is 13.2 Å². The zero-order valence-electron chi connectivity index (χ0n) is 10.1. The number of hydrogen-bond donors (Lipinski definition) is 1. The van der Waals surface area contributed by atoms with E-state index < -0.39 is 6.04 Å². The molecule has 1 atom stereocenters. The largest absolute Gasteiger partial charge is 0.465 e. The predicted octanol–water partition coefficient (Wildman–Crippen LogP) is 1.22. The first-order valence-corrected chi connectivity index (χ1v) is 5.45. The van der Waals surface area contributed by atoms with Gasteiger partial charge in [0, 0.05) is 11.9 Å². The molecule has 0 saturated carbocycles. The Morgan fingerprint density at radius 1 is 1.65 bits per heavy atom. The number of carbonyl (C=O) groups is 1. The molecular formula is C13H16N2O2. The molecule has 1 N–H and O–H groups in total. The number of nitrogens with one attached hydrogen (secondary N) is 1. The lowest BCUT2D eigenvalue weighted by atomic mass is 10.1. The number of nitrogens with zero attached hydrogens (tertiary/aromatic N) is 1. The molecule has 90 valence electrons. The first-order valence-electron chi connectivity index (χ1n) is 5.45. The summed E-state index contributed by atoms with van der Waals surface area (Å²) in [4.78, 5) is 15.9. The molecular weight excluding hydrogens is 216 g/mol. The molecule has 1 unspecified atom stereocenters. The van der Waals surface area contributed by atoms with Crippen LogP contribution in [0.25, 0.3) is 0 Å². The van der Waals surface area contributed by atoms with Gasteiger partial charge < -0.3 is 4.74 Å². The fourth-order valence-electron chi connectivity index (χ4n) is 1.37. The molecule has 0 aromatic carbocycles. The van der Waals surface area contributed by atoms with Crippen LogP contribution in [0.2, 0.25) is 0 Å². The highest BCUT2D eigenvalue weighted by molar-refractivity contribution is 5.77. The number of carbonyl (C=O) groups excluding carboxylic acids is 1. The second kappa shape index (κ2) is 6.66. The van der Waals surface area contributed by atoms with Crippen LogP contribution < -0.4 is 5.32 Å². The SMILES string of the molecule is C#CCNC(C(=O)OCC)c1ccc(C)nc1. The molecule has 1 rings (SSSR count). The van der Waals surface area contributed by atoms with Gasteiger partial charge in [-0.1, -0.05) is 12.0 Å². The topological polar surface area (TPSA) is 51.2 Å². The van der Waals surface area contributed by atoms with Crippen LogP contribution in [0, 0.1) is 19.3 Å². The molecule has 0 bridgehead atoms. The number of ether oxygens (including phenoxy) is 1. The van der Waals surface area contributed by atoms with Crippen molar-refractivity contribution in [1.82, 2.24) is 10.3 Å². The summed E-state index contributed by atoms with van der Waals surface area (Å²) >= 11 is 0. The summed E-state index contributed by atoms with van der Waals surface area (Å²) in [5.41, 5.74) is 1.65. The maximum Gasteiger partial charge on any atom is 0.327 e. The van der Waals surface area contributed by atoms with Gasteiger partial charge in [0.05, 0.1) is 13.2 Å². The standard InChI is InChI=1S/C13H16N2O2/c1-4-8-14-12(13(16)17-5-2)11-7-6-10(3)15-9-11/h1,6-7,9,12,14H,5,8H2,2-3H3. The van der Waals surface area contributed by atoms with E-state index in [1.807, 2.05) is 19.1 Å². The Balaban J connectivity index is 2.85. The average molecular weight is 232 g/mol. The van der Waals surface area contributed by atoms with E-state index in [1.54, 1.807) is 13.1 Å². The molecule has 0 spiro atoms. The first kappa shape index (κ1) is 13.2. The van der Waals surface area contributed by atoms with Gasteiger partial charge in [0.2, 0.25) is 0 Å². The highest BCUT2D eigenvalue weighted by atomic mass is 16.5. The number of esters is 1. The van der Waals surface area contributed by atoms with Crippen molar-refractivity contribution in [3.8, 4) is 12.3 Å². The van der Waals surface area contributed by atoms with E-state index >= 15 is 0 Å². The normalized spacial score (nSPS) is 11.6. The third-order valence-electron chi connectivity index (χ3n) is 2.20. The Kier molecular flexibility index (Phi) is 5.18. The molecule has 0 saturated heterocycles. The van der Waals surface area contributed by atoms with Gasteiger partial charge in [-0.3, -0.25) is 10.3 Å². The average Bonchev–Trinajstić information content (AvgIpc) is 2.32. The number of aryl methyl sites for hydroxylation is 1. The maximum atomic E-state index is 11.8. The minimum Gasteiger partial charge on any atom is -0.465 e. The molecule has 4 nitrogen and oxygen atoms in total. The number of hydrogen-bond acceptors (Lipinski definition) is 4. The van der Waals surface area contributed by atoms with E-state index in [0.717, 1.165) is 11.3 Å².